The number of carbonyl (C=O) groups excluding carboxylic acids is 1. The molecule has 0 spiro atoms. The summed E-state index contributed by atoms with van der Waals surface area (Å²) in [6, 6.07) is 9.86. The van der Waals surface area contributed by atoms with Gasteiger partial charge >= 0.3 is 0 Å². The molecule has 2 heterocycles. The first-order chi connectivity index (χ1) is 12.0. The fourth-order valence-corrected chi connectivity index (χ4v) is 2.87. The molecule has 0 radical (unpaired) electrons. The van der Waals surface area contributed by atoms with Crippen LogP contribution in [0.2, 0.25) is 0 Å². The number of hydrogen-bond donors (Lipinski definition) is 1. The second kappa shape index (κ2) is 6.18. The maximum atomic E-state index is 13.4. The number of halogens is 3. The lowest BCUT2D eigenvalue weighted by atomic mass is 10.2. The summed E-state index contributed by atoms with van der Waals surface area (Å²) >= 11 is 3.32. The number of nitrogens with one attached hydrogen (secondary N) is 1. The van der Waals surface area contributed by atoms with E-state index in [-0.39, 0.29) is 23.0 Å². The summed E-state index contributed by atoms with van der Waals surface area (Å²) in [5.74, 6) is -0.238. The van der Waals surface area contributed by atoms with E-state index >= 15 is 0 Å². The standard InChI is InChI=1S/C17H13BrF2N4O/c18-10-3-5-11(6-4-10)21-17(25)13-8-15-22-12(9-1-2-9)7-14(16(19)20)24(15)23-13/h3-9,16H,1-2H2,(H,21,25). The zero-order chi connectivity index (χ0) is 17.6. The van der Waals surface area contributed by atoms with Crippen LogP contribution in [0.3, 0.4) is 0 Å². The molecule has 1 aromatic carbocycles. The fourth-order valence-electron chi connectivity index (χ4n) is 2.60. The number of amides is 1. The van der Waals surface area contributed by atoms with Gasteiger partial charge < -0.3 is 5.32 Å². The maximum Gasteiger partial charge on any atom is 0.280 e. The molecule has 1 saturated carbocycles. The largest absolute Gasteiger partial charge is 0.321 e. The first-order valence-electron chi connectivity index (χ1n) is 7.77. The van der Waals surface area contributed by atoms with E-state index in [9.17, 15) is 13.6 Å². The molecule has 8 heteroatoms. The molecular formula is C17H13BrF2N4O. The lowest BCUT2D eigenvalue weighted by Crippen LogP contribution is -2.13. The highest BCUT2D eigenvalue weighted by Crippen LogP contribution is 2.40. The Morgan fingerprint density at radius 1 is 1.24 bits per heavy atom. The van der Waals surface area contributed by atoms with E-state index < -0.39 is 12.3 Å². The molecule has 4 rings (SSSR count). The van der Waals surface area contributed by atoms with E-state index in [0.29, 0.717) is 11.4 Å². The molecule has 128 valence electrons. The van der Waals surface area contributed by atoms with Crippen LogP contribution in [0.5, 0.6) is 0 Å². The summed E-state index contributed by atoms with van der Waals surface area (Å²) in [4.78, 5) is 16.7. The number of benzene rings is 1. The summed E-state index contributed by atoms with van der Waals surface area (Å²) in [6.45, 7) is 0. The van der Waals surface area contributed by atoms with Crippen molar-refractivity contribution in [3.8, 4) is 0 Å². The van der Waals surface area contributed by atoms with Crippen LogP contribution in [0.1, 0.15) is 47.1 Å². The lowest BCUT2D eigenvalue weighted by Gasteiger charge is -2.06. The highest BCUT2D eigenvalue weighted by molar-refractivity contribution is 9.10. The van der Waals surface area contributed by atoms with Gasteiger partial charge in [0.15, 0.2) is 11.3 Å². The van der Waals surface area contributed by atoms with Gasteiger partial charge in [-0.05, 0) is 43.2 Å². The molecular weight excluding hydrogens is 394 g/mol. The molecule has 25 heavy (non-hydrogen) atoms. The molecule has 1 N–H and O–H groups in total. The number of alkyl halides is 2. The number of anilines is 1. The Bertz CT molecular complexity index is 951. The van der Waals surface area contributed by atoms with Crippen molar-refractivity contribution in [1.29, 1.82) is 0 Å². The van der Waals surface area contributed by atoms with Gasteiger partial charge in [-0.3, -0.25) is 4.79 Å². The van der Waals surface area contributed by atoms with Gasteiger partial charge in [0.05, 0.1) is 0 Å². The zero-order valence-electron chi connectivity index (χ0n) is 12.9. The molecule has 1 amide bonds. The summed E-state index contributed by atoms with van der Waals surface area (Å²) < 4.78 is 28.7. The van der Waals surface area contributed by atoms with Crippen molar-refractivity contribution in [3.05, 3.63) is 58.0 Å². The monoisotopic (exact) mass is 406 g/mol. The van der Waals surface area contributed by atoms with Crippen LogP contribution in [-0.2, 0) is 0 Å². The summed E-state index contributed by atoms with van der Waals surface area (Å²) in [5.41, 5.74) is 1.30. The predicted octanol–water partition coefficient (Wildman–Crippen LogP) is 4.56. The Morgan fingerprint density at radius 2 is 1.96 bits per heavy atom. The number of hydrogen-bond acceptors (Lipinski definition) is 3. The molecule has 2 aromatic heterocycles. The van der Waals surface area contributed by atoms with E-state index in [1.165, 1.54) is 12.1 Å². The average Bonchev–Trinajstić information content (AvgIpc) is 3.34. The van der Waals surface area contributed by atoms with E-state index in [0.717, 1.165) is 21.8 Å². The number of rotatable bonds is 4. The Labute approximate surface area is 150 Å². The van der Waals surface area contributed by atoms with Crippen molar-refractivity contribution < 1.29 is 13.6 Å². The minimum atomic E-state index is -2.69. The molecule has 5 nitrogen and oxygen atoms in total. The SMILES string of the molecule is O=C(Nc1ccc(Br)cc1)c1cc2nc(C3CC3)cc(C(F)F)n2n1. The molecule has 0 aliphatic heterocycles. The van der Waals surface area contributed by atoms with Crippen LogP contribution in [0.4, 0.5) is 14.5 Å². The quantitative estimate of drug-likeness (QED) is 0.690. The average molecular weight is 407 g/mol. The van der Waals surface area contributed by atoms with Crippen LogP contribution in [-0.4, -0.2) is 20.5 Å². The number of carbonyl (C=O) groups is 1. The van der Waals surface area contributed by atoms with Crippen molar-refractivity contribution in [2.75, 3.05) is 5.32 Å². The van der Waals surface area contributed by atoms with Gasteiger partial charge in [0, 0.05) is 27.8 Å². The van der Waals surface area contributed by atoms with E-state index in [1.807, 2.05) is 0 Å². The van der Waals surface area contributed by atoms with E-state index in [4.69, 9.17) is 0 Å². The van der Waals surface area contributed by atoms with Gasteiger partial charge in [-0.15, -0.1) is 0 Å². The molecule has 1 aliphatic rings. The van der Waals surface area contributed by atoms with Gasteiger partial charge in [0.25, 0.3) is 12.3 Å². The summed E-state index contributed by atoms with van der Waals surface area (Å²) in [6.07, 6.45) is -0.779. The van der Waals surface area contributed by atoms with Crippen LogP contribution < -0.4 is 5.32 Å². The molecule has 0 atom stereocenters. The highest BCUT2D eigenvalue weighted by atomic mass is 79.9. The molecule has 0 bridgehead atoms. The second-order valence-corrected chi connectivity index (χ2v) is 6.86. The lowest BCUT2D eigenvalue weighted by molar-refractivity contribution is 0.102. The number of nitrogens with zero attached hydrogens (tertiary/aromatic N) is 3. The number of fused-ring (bicyclic) bond motifs is 1. The Kier molecular flexibility index (Phi) is 3.99. The third-order valence-corrected chi connectivity index (χ3v) is 4.56. The van der Waals surface area contributed by atoms with Crippen molar-refractivity contribution in [2.45, 2.75) is 25.2 Å². The van der Waals surface area contributed by atoms with Crippen LogP contribution in [0.15, 0.2) is 40.9 Å². The fraction of sp³-hybridized carbons (Fsp3) is 0.235. The van der Waals surface area contributed by atoms with Crippen molar-refractivity contribution >= 4 is 33.2 Å². The Morgan fingerprint density at radius 3 is 2.60 bits per heavy atom. The zero-order valence-corrected chi connectivity index (χ0v) is 14.5. The van der Waals surface area contributed by atoms with Crippen molar-refractivity contribution in [1.82, 2.24) is 14.6 Å². The third kappa shape index (κ3) is 3.26. The Balaban J connectivity index is 1.69. The first-order valence-corrected chi connectivity index (χ1v) is 8.56. The van der Waals surface area contributed by atoms with Crippen LogP contribution >= 0.6 is 15.9 Å². The van der Waals surface area contributed by atoms with E-state index in [2.05, 4.69) is 31.3 Å². The van der Waals surface area contributed by atoms with Crippen molar-refractivity contribution in [2.24, 2.45) is 0 Å². The molecule has 0 saturated heterocycles. The molecule has 1 fully saturated rings. The van der Waals surface area contributed by atoms with Gasteiger partial charge in [-0.1, -0.05) is 15.9 Å². The molecule has 1 aliphatic carbocycles. The van der Waals surface area contributed by atoms with Crippen LogP contribution in [0.25, 0.3) is 5.65 Å². The second-order valence-electron chi connectivity index (χ2n) is 5.94. The molecule has 0 unspecified atom stereocenters. The molecule has 3 aromatic rings. The topological polar surface area (TPSA) is 59.3 Å². The van der Waals surface area contributed by atoms with Crippen LogP contribution in [0, 0.1) is 0 Å². The van der Waals surface area contributed by atoms with Gasteiger partial charge in [0.2, 0.25) is 0 Å². The minimum absolute atomic E-state index is 0.0465. The predicted molar refractivity (Wildman–Crippen MR) is 92.0 cm³/mol. The number of aromatic nitrogens is 3. The maximum absolute atomic E-state index is 13.4. The first kappa shape index (κ1) is 16.1. The van der Waals surface area contributed by atoms with Gasteiger partial charge in [0.1, 0.15) is 5.69 Å². The van der Waals surface area contributed by atoms with E-state index in [1.54, 1.807) is 24.3 Å². The smallest absolute Gasteiger partial charge is 0.280 e. The van der Waals surface area contributed by atoms with Gasteiger partial charge in [-0.2, -0.15) is 5.10 Å². The summed E-state index contributed by atoms with van der Waals surface area (Å²) in [5, 5.41) is 6.72. The van der Waals surface area contributed by atoms with Gasteiger partial charge in [-0.25, -0.2) is 18.3 Å². The highest BCUT2D eigenvalue weighted by Gasteiger charge is 2.28. The minimum Gasteiger partial charge on any atom is -0.321 e. The summed E-state index contributed by atoms with van der Waals surface area (Å²) in [7, 11) is 0. The van der Waals surface area contributed by atoms with Crippen molar-refractivity contribution in [3.63, 3.8) is 0 Å². The Hall–Kier alpha value is -2.35. The normalized spacial score (nSPS) is 14.2. The third-order valence-electron chi connectivity index (χ3n) is 4.03.